The van der Waals surface area contributed by atoms with E-state index in [1.165, 1.54) is 0 Å². The lowest BCUT2D eigenvalue weighted by atomic mass is 9.93. The molecule has 1 fully saturated rings. The van der Waals surface area contributed by atoms with Crippen LogP contribution in [0.25, 0.3) is 0 Å². The van der Waals surface area contributed by atoms with Crippen molar-refractivity contribution in [2.45, 2.75) is 45.1 Å². The number of likely N-dealkylation sites (tertiary alicyclic amines) is 1. The van der Waals surface area contributed by atoms with Gasteiger partial charge in [0.25, 0.3) is 0 Å². The zero-order valence-corrected chi connectivity index (χ0v) is 11.8. The van der Waals surface area contributed by atoms with E-state index in [2.05, 4.69) is 25.8 Å². The molecule has 1 aromatic rings. The molecule has 0 N–H and O–H groups in total. The molecule has 0 aliphatic carbocycles. The van der Waals surface area contributed by atoms with Crippen molar-refractivity contribution >= 4 is 17.5 Å². The Labute approximate surface area is 112 Å². The first-order chi connectivity index (χ1) is 8.43. The number of nitrogens with zero attached hydrogens (tertiary/aromatic N) is 2. The van der Waals surface area contributed by atoms with E-state index in [1.807, 2.05) is 0 Å². The number of oxazole rings is 1. The predicted molar refractivity (Wildman–Crippen MR) is 69.6 cm³/mol. The second kappa shape index (κ2) is 4.92. The van der Waals surface area contributed by atoms with Gasteiger partial charge in [0.2, 0.25) is 11.8 Å². The highest BCUT2D eigenvalue weighted by molar-refractivity contribution is 6.27. The van der Waals surface area contributed by atoms with Gasteiger partial charge in [0, 0.05) is 12.0 Å². The van der Waals surface area contributed by atoms with Crippen molar-refractivity contribution in [2.75, 3.05) is 12.4 Å². The van der Waals surface area contributed by atoms with Crippen molar-refractivity contribution in [1.29, 1.82) is 0 Å². The highest BCUT2D eigenvalue weighted by atomic mass is 35.5. The largest absolute Gasteiger partial charge is 0.446 e. The molecular weight excluding hydrogens is 252 g/mol. The fourth-order valence-electron chi connectivity index (χ4n) is 2.18. The van der Waals surface area contributed by atoms with Crippen LogP contribution >= 0.6 is 11.6 Å². The molecule has 4 nitrogen and oxygen atoms in total. The summed E-state index contributed by atoms with van der Waals surface area (Å²) in [6.07, 6.45) is 3.56. The zero-order valence-electron chi connectivity index (χ0n) is 11.1. The SMILES string of the molecule is CC(C)(C)c1coc([C@H]2CCCN2C(=O)CCl)n1. The van der Waals surface area contributed by atoms with Crippen LogP contribution in [0.4, 0.5) is 0 Å². The first-order valence-corrected chi connectivity index (χ1v) is 6.78. The molecule has 0 aromatic carbocycles. The lowest BCUT2D eigenvalue weighted by Gasteiger charge is -2.21. The molecule has 1 atom stereocenters. The molecule has 1 aromatic heterocycles. The normalized spacial score (nSPS) is 20.4. The van der Waals surface area contributed by atoms with Gasteiger partial charge in [0.1, 0.15) is 18.2 Å². The summed E-state index contributed by atoms with van der Waals surface area (Å²) in [6.45, 7) is 7.00. The minimum Gasteiger partial charge on any atom is -0.446 e. The third-order valence-electron chi connectivity index (χ3n) is 3.26. The summed E-state index contributed by atoms with van der Waals surface area (Å²) in [5.74, 6) is 0.606. The Morgan fingerprint density at radius 2 is 2.33 bits per heavy atom. The standard InChI is InChI=1S/C13H19ClN2O2/c1-13(2,3)10-8-18-12(15-10)9-5-4-6-16(9)11(17)7-14/h8-9H,4-7H2,1-3H3/t9-/m1/s1. The number of hydrogen-bond acceptors (Lipinski definition) is 3. The lowest BCUT2D eigenvalue weighted by Crippen LogP contribution is -2.31. The molecule has 100 valence electrons. The van der Waals surface area contributed by atoms with Crippen LogP contribution in [0, 0.1) is 0 Å². The highest BCUT2D eigenvalue weighted by Gasteiger charge is 2.33. The lowest BCUT2D eigenvalue weighted by molar-refractivity contribution is -0.129. The molecule has 0 unspecified atom stereocenters. The molecule has 1 amide bonds. The minimum atomic E-state index is -0.0488. The first-order valence-electron chi connectivity index (χ1n) is 6.25. The maximum atomic E-state index is 11.7. The maximum absolute atomic E-state index is 11.7. The molecule has 2 rings (SSSR count). The second-order valence-corrected chi connectivity index (χ2v) is 5.97. The molecule has 1 aliphatic rings. The number of amides is 1. The third-order valence-corrected chi connectivity index (χ3v) is 3.49. The number of rotatable bonds is 2. The third kappa shape index (κ3) is 2.53. The summed E-state index contributed by atoms with van der Waals surface area (Å²) in [5, 5.41) is 0. The Balaban J connectivity index is 2.21. The predicted octanol–water partition coefficient (Wildman–Crippen LogP) is 2.87. The summed E-state index contributed by atoms with van der Waals surface area (Å²) in [6, 6.07) is -0.0488. The minimum absolute atomic E-state index is 0.0172. The number of hydrogen-bond donors (Lipinski definition) is 0. The molecule has 0 saturated carbocycles. The van der Waals surface area contributed by atoms with Gasteiger partial charge < -0.3 is 9.32 Å². The van der Waals surface area contributed by atoms with E-state index in [0.29, 0.717) is 5.89 Å². The van der Waals surface area contributed by atoms with Gasteiger partial charge in [-0.05, 0) is 12.8 Å². The van der Waals surface area contributed by atoms with Crippen molar-refractivity contribution < 1.29 is 9.21 Å². The molecule has 1 aliphatic heterocycles. The number of alkyl halides is 1. The Kier molecular flexibility index (Phi) is 3.66. The average Bonchev–Trinajstić information content (AvgIpc) is 2.94. The molecule has 0 radical (unpaired) electrons. The maximum Gasteiger partial charge on any atom is 0.238 e. The molecule has 1 saturated heterocycles. The van der Waals surface area contributed by atoms with E-state index >= 15 is 0 Å². The number of halogens is 1. The summed E-state index contributed by atoms with van der Waals surface area (Å²) < 4.78 is 5.55. The van der Waals surface area contributed by atoms with Gasteiger partial charge in [-0.25, -0.2) is 4.98 Å². The van der Waals surface area contributed by atoms with Crippen LogP contribution in [0.1, 0.15) is 51.2 Å². The van der Waals surface area contributed by atoms with E-state index in [0.717, 1.165) is 25.1 Å². The van der Waals surface area contributed by atoms with Gasteiger partial charge in [0.05, 0.1) is 5.69 Å². The number of carbonyl (C=O) groups is 1. The van der Waals surface area contributed by atoms with E-state index in [9.17, 15) is 4.79 Å². The summed E-state index contributed by atoms with van der Waals surface area (Å²) in [7, 11) is 0. The summed E-state index contributed by atoms with van der Waals surface area (Å²) in [4.78, 5) is 18.0. The quantitative estimate of drug-likeness (QED) is 0.777. The van der Waals surface area contributed by atoms with E-state index in [4.69, 9.17) is 16.0 Å². The molecule has 2 heterocycles. The Morgan fingerprint density at radius 1 is 1.61 bits per heavy atom. The monoisotopic (exact) mass is 270 g/mol. The van der Waals surface area contributed by atoms with Gasteiger partial charge >= 0.3 is 0 Å². The van der Waals surface area contributed by atoms with Crippen LogP contribution in [0.2, 0.25) is 0 Å². The highest BCUT2D eigenvalue weighted by Crippen LogP contribution is 2.33. The van der Waals surface area contributed by atoms with Crippen molar-refractivity contribution in [3.05, 3.63) is 17.8 Å². The average molecular weight is 271 g/mol. The fourth-order valence-corrected chi connectivity index (χ4v) is 2.34. The van der Waals surface area contributed by atoms with Gasteiger partial charge in [-0.1, -0.05) is 20.8 Å². The number of aromatic nitrogens is 1. The fraction of sp³-hybridized carbons (Fsp3) is 0.692. The molecule has 5 heteroatoms. The Morgan fingerprint density at radius 3 is 2.89 bits per heavy atom. The topological polar surface area (TPSA) is 46.3 Å². The zero-order chi connectivity index (χ0) is 13.3. The van der Waals surface area contributed by atoms with Crippen molar-refractivity contribution in [3.8, 4) is 0 Å². The van der Waals surface area contributed by atoms with Crippen LogP contribution in [0.15, 0.2) is 10.7 Å². The van der Waals surface area contributed by atoms with Gasteiger partial charge in [-0.3, -0.25) is 4.79 Å². The second-order valence-electron chi connectivity index (χ2n) is 5.70. The summed E-state index contributed by atoms with van der Waals surface area (Å²) >= 11 is 5.62. The van der Waals surface area contributed by atoms with Crippen molar-refractivity contribution in [1.82, 2.24) is 9.88 Å². The Bertz CT molecular complexity index is 436. The molecule has 0 bridgehead atoms. The van der Waals surface area contributed by atoms with E-state index in [1.54, 1.807) is 11.2 Å². The van der Waals surface area contributed by atoms with Crippen LogP contribution < -0.4 is 0 Å². The van der Waals surface area contributed by atoms with Crippen molar-refractivity contribution in [2.24, 2.45) is 0 Å². The van der Waals surface area contributed by atoms with Crippen molar-refractivity contribution in [3.63, 3.8) is 0 Å². The van der Waals surface area contributed by atoms with Crippen LogP contribution in [-0.2, 0) is 10.2 Å². The van der Waals surface area contributed by atoms with E-state index < -0.39 is 0 Å². The van der Waals surface area contributed by atoms with Crippen LogP contribution in [-0.4, -0.2) is 28.2 Å². The molecule has 18 heavy (non-hydrogen) atoms. The van der Waals surface area contributed by atoms with Crippen LogP contribution in [0.3, 0.4) is 0 Å². The first kappa shape index (κ1) is 13.4. The molecule has 0 spiro atoms. The smallest absolute Gasteiger partial charge is 0.238 e. The summed E-state index contributed by atoms with van der Waals surface area (Å²) in [5.41, 5.74) is 0.879. The van der Waals surface area contributed by atoms with E-state index in [-0.39, 0.29) is 23.2 Å². The van der Waals surface area contributed by atoms with Crippen LogP contribution in [0.5, 0.6) is 0 Å². The Hall–Kier alpha value is -1.03. The number of carbonyl (C=O) groups excluding carboxylic acids is 1. The van der Waals surface area contributed by atoms with Gasteiger partial charge in [-0.2, -0.15) is 0 Å². The van der Waals surface area contributed by atoms with Gasteiger partial charge in [-0.15, -0.1) is 11.6 Å². The van der Waals surface area contributed by atoms with Gasteiger partial charge in [0.15, 0.2) is 0 Å². The molecular formula is C13H19ClN2O2.